The number of nitrogens with one attached hydrogen (secondary N) is 1. The quantitative estimate of drug-likeness (QED) is 0.801. The van der Waals surface area contributed by atoms with E-state index in [-0.39, 0.29) is 23.3 Å². The zero-order chi connectivity index (χ0) is 20.0. The second-order valence-corrected chi connectivity index (χ2v) is 6.83. The van der Waals surface area contributed by atoms with Crippen LogP contribution in [0.15, 0.2) is 12.3 Å². The lowest BCUT2D eigenvalue weighted by molar-refractivity contribution is -0.151. The van der Waals surface area contributed by atoms with Gasteiger partial charge >= 0.3 is 11.9 Å². The maximum Gasteiger partial charge on any atom is 0.328 e. The third kappa shape index (κ3) is 5.67. The molecule has 27 heavy (non-hydrogen) atoms. The van der Waals surface area contributed by atoms with Gasteiger partial charge in [0.15, 0.2) is 11.4 Å². The minimum Gasteiger partial charge on any atom is -0.493 e. The molecule has 0 aromatic carbocycles. The Morgan fingerprint density at radius 1 is 1.30 bits per heavy atom. The van der Waals surface area contributed by atoms with Crippen molar-refractivity contribution in [3.8, 4) is 11.5 Å². The van der Waals surface area contributed by atoms with Crippen molar-refractivity contribution >= 4 is 17.8 Å². The molecule has 1 amide bonds. The largest absolute Gasteiger partial charge is 0.493 e. The van der Waals surface area contributed by atoms with Crippen molar-refractivity contribution in [3.63, 3.8) is 0 Å². The van der Waals surface area contributed by atoms with Crippen molar-refractivity contribution in [3.05, 3.63) is 18.0 Å². The van der Waals surface area contributed by atoms with Crippen molar-refractivity contribution in [2.24, 2.45) is 5.92 Å². The van der Waals surface area contributed by atoms with E-state index in [1.54, 1.807) is 0 Å². The first kappa shape index (κ1) is 20.7. The normalized spacial score (nSPS) is 23.3. The van der Waals surface area contributed by atoms with Gasteiger partial charge in [-0.25, -0.2) is 9.78 Å². The molecule has 1 saturated heterocycles. The van der Waals surface area contributed by atoms with Gasteiger partial charge in [0.1, 0.15) is 6.04 Å². The molecule has 3 atom stereocenters. The van der Waals surface area contributed by atoms with Crippen LogP contribution < -0.4 is 14.8 Å². The SMILES string of the molecule is COc1ccnc(C(=O)N[C@H]2CCCC(C)CC(C)OC2=O)c1OC(C)=O. The first-order valence-corrected chi connectivity index (χ1v) is 9.04. The molecule has 8 nitrogen and oxygen atoms in total. The molecular weight excluding hydrogens is 352 g/mol. The molecule has 2 heterocycles. The summed E-state index contributed by atoms with van der Waals surface area (Å²) in [5.74, 6) is -1.15. The number of aromatic nitrogens is 1. The van der Waals surface area contributed by atoms with Crippen LogP contribution >= 0.6 is 0 Å². The Bertz CT molecular complexity index is 705. The monoisotopic (exact) mass is 378 g/mol. The molecule has 1 aromatic heterocycles. The van der Waals surface area contributed by atoms with Crippen LogP contribution in [0.4, 0.5) is 0 Å². The van der Waals surface area contributed by atoms with Crippen molar-refractivity contribution in [2.45, 2.75) is 58.6 Å². The van der Waals surface area contributed by atoms with Gasteiger partial charge in [-0.2, -0.15) is 0 Å². The number of nitrogens with zero attached hydrogens (tertiary/aromatic N) is 1. The van der Waals surface area contributed by atoms with Crippen molar-refractivity contribution in [1.82, 2.24) is 10.3 Å². The molecule has 1 aliphatic heterocycles. The minimum atomic E-state index is -0.788. The molecule has 8 heteroatoms. The summed E-state index contributed by atoms with van der Waals surface area (Å²) < 4.78 is 15.7. The zero-order valence-electron chi connectivity index (χ0n) is 16.1. The molecule has 0 radical (unpaired) electrons. The second kappa shape index (κ2) is 9.34. The molecule has 1 fully saturated rings. The van der Waals surface area contributed by atoms with Crippen LogP contribution in [-0.2, 0) is 14.3 Å². The van der Waals surface area contributed by atoms with Crippen LogP contribution in [-0.4, -0.2) is 42.1 Å². The Morgan fingerprint density at radius 3 is 2.70 bits per heavy atom. The fourth-order valence-corrected chi connectivity index (χ4v) is 3.15. The third-order valence-electron chi connectivity index (χ3n) is 4.38. The summed E-state index contributed by atoms with van der Waals surface area (Å²) in [4.78, 5) is 40.5. The molecule has 0 saturated carbocycles. The number of cyclic esters (lactones) is 1. The second-order valence-electron chi connectivity index (χ2n) is 6.83. The molecule has 2 unspecified atom stereocenters. The maximum absolute atomic E-state index is 12.7. The van der Waals surface area contributed by atoms with Crippen LogP contribution in [0.2, 0.25) is 0 Å². The maximum atomic E-state index is 12.7. The van der Waals surface area contributed by atoms with Crippen LogP contribution in [0, 0.1) is 5.92 Å². The number of methoxy groups -OCH3 is 1. The number of esters is 2. The molecule has 1 aliphatic rings. The van der Waals surface area contributed by atoms with E-state index in [0.717, 1.165) is 19.3 Å². The summed E-state index contributed by atoms with van der Waals surface area (Å²) in [7, 11) is 1.39. The van der Waals surface area contributed by atoms with E-state index in [1.807, 2.05) is 6.92 Å². The molecule has 1 N–H and O–H groups in total. The van der Waals surface area contributed by atoms with Crippen molar-refractivity contribution < 1.29 is 28.6 Å². The molecule has 2 rings (SSSR count). The van der Waals surface area contributed by atoms with Gasteiger partial charge in [-0.05, 0) is 25.7 Å². The van der Waals surface area contributed by atoms with Gasteiger partial charge < -0.3 is 19.5 Å². The summed E-state index contributed by atoms with van der Waals surface area (Å²) in [5.41, 5.74) is -0.126. The molecule has 0 spiro atoms. The number of hydrogen-bond donors (Lipinski definition) is 1. The van der Waals surface area contributed by atoms with Crippen LogP contribution in [0.5, 0.6) is 11.5 Å². The van der Waals surface area contributed by atoms with E-state index in [9.17, 15) is 14.4 Å². The summed E-state index contributed by atoms with van der Waals surface area (Å²) in [6.07, 6.45) is 4.15. The lowest BCUT2D eigenvalue weighted by Gasteiger charge is -2.19. The third-order valence-corrected chi connectivity index (χ3v) is 4.38. The Hall–Kier alpha value is -2.64. The number of carbonyl (C=O) groups excluding carboxylic acids is 3. The average molecular weight is 378 g/mol. The smallest absolute Gasteiger partial charge is 0.328 e. The van der Waals surface area contributed by atoms with E-state index in [4.69, 9.17) is 14.2 Å². The first-order valence-electron chi connectivity index (χ1n) is 9.04. The topological polar surface area (TPSA) is 104 Å². The van der Waals surface area contributed by atoms with Crippen molar-refractivity contribution in [2.75, 3.05) is 7.11 Å². The Morgan fingerprint density at radius 2 is 2.04 bits per heavy atom. The minimum absolute atomic E-state index is 0.0802. The van der Waals surface area contributed by atoms with Crippen LogP contribution in [0.3, 0.4) is 0 Å². The number of pyridine rings is 1. The Balaban J connectivity index is 2.22. The van der Waals surface area contributed by atoms with Crippen molar-refractivity contribution in [1.29, 1.82) is 0 Å². The molecular formula is C19H26N2O6. The van der Waals surface area contributed by atoms with Gasteiger partial charge in [0.05, 0.1) is 13.2 Å². The van der Waals surface area contributed by atoms with E-state index >= 15 is 0 Å². The Labute approximate surface area is 158 Å². The van der Waals surface area contributed by atoms with Gasteiger partial charge in [-0.3, -0.25) is 9.59 Å². The van der Waals surface area contributed by atoms with Gasteiger partial charge in [0.2, 0.25) is 5.75 Å². The summed E-state index contributed by atoms with van der Waals surface area (Å²) in [6, 6.07) is 0.690. The fraction of sp³-hybridized carbons (Fsp3) is 0.579. The highest BCUT2D eigenvalue weighted by atomic mass is 16.6. The number of hydrogen-bond acceptors (Lipinski definition) is 7. The first-order chi connectivity index (χ1) is 12.8. The lowest BCUT2D eigenvalue weighted by Crippen LogP contribution is -2.43. The van der Waals surface area contributed by atoms with E-state index in [0.29, 0.717) is 12.3 Å². The van der Waals surface area contributed by atoms with E-state index in [1.165, 1.54) is 26.3 Å². The summed E-state index contributed by atoms with van der Waals surface area (Å²) in [6.45, 7) is 5.18. The highest BCUT2D eigenvalue weighted by Crippen LogP contribution is 2.30. The Kier molecular flexibility index (Phi) is 7.15. The zero-order valence-corrected chi connectivity index (χ0v) is 16.1. The predicted molar refractivity (Wildman–Crippen MR) is 96.5 cm³/mol. The van der Waals surface area contributed by atoms with E-state index < -0.39 is 23.9 Å². The molecule has 1 aromatic rings. The molecule has 0 aliphatic carbocycles. The highest BCUT2D eigenvalue weighted by molar-refractivity contribution is 5.98. The van der Waals surface area contributed by atoms with E-state index in [2.05, 4.69) is 17.2 Å². The standard InChI is InChI=1S/C19H26N2O6/c1-11-6-5-7-14(19(24)26-12(2)10-11)21-18(23)16-17(27-13(3)22)15(25-4)8-9-20-16/h8-9,11-12,14H,5-7,10H2,1-4H3,(H,21,23)/t11?,12?,14-/m0/s1. The number of rotatable bonds is 4. The average Bonchev–Trinajstić information content (AvgIpc) is 2.64. The van der Waals surface area contributed by atoms with Gasteiger partial charge in [-0.15, -0.1) is 0 Å². The fourth-order valence-electron chi connectivity index (χ4n) is 3.15. The van der Waals surface area contributed by atoms with Gasteiger partial charge in [0, 0.05) is 19.2 Å². The van der Waals surface area contributed by atoms with Gasteiger partial charge in [-0.1, -0.05) is 19.8 Å². The molecule has 0 bridgehead atoms. The number of ether oxygens (including phenoxy) is 3. The summed E-state index contributed by atoms with van der Waals surface area (Å²) in [5, 5.41) is 2.66. The lowest BCUT2D eigenvalue weighted by atomic mass is 9.97. The molecule has 148 valence electrons. The van der Waals surface area contributed by atoms with Gasteiger partial charge in [0.25, 0.3) is 5.91 Å². The summed E-state index contributed by atoms with van der Waals surface area (Å²) >= 11 is 0. The predicted octanol–water partition coefficient (Wildman–Crippen LogP) is 2.26. The number of amides is 1. The van der Waals surface area contributed by atoms with Crippen LogP contribution in [0.1, 0.15) is 56.9 Å². The van der Waals surface area contributed by atoms with Crippen LogP contribution in [0.25, 0.3) is 0 Å². The highest BCUT2D eigenvalue weighted by Gasteiger charge is 2.29. The number of carbonyl (C=O) groups is 3.